The van der Waals surface area contributed by atoms with E-state index in [2.05, 4.69) is 15.3 Å². The zero-order valence-electron chi connectivity index (χ0n) is 15.7. The molecule has 29 heavy (non-hydrogen) atoms. The first-order valence-corrected chi connectivity index (χ1v) is 9.30. The Balaban J connectivity index is 1.71. The van der Waals surface area contributed by atoms with Crippen molar-refractivity contribution in [3.05, 3.63) is 58.8 Å². The van der Waals surface area contributed by atoms with E-state index in [-0.39, 0.29) is 12.1 Å². The molecule has 1 aliphatic heterocycles. The molecule has 4 heterocycles. The lowest BCUT2D eigenvalue weighted by Gasteiger charge is -2.14. The molecule has 0 radical (unpaired) electrons. The van der Waals surface area contributed by atoms with Crippen LogP contribution < -0.4 is 10.1 Å². The van der Waals surface area contributed by atoms with Crippen LogP contribution in [-0.4, -0.2) is 33.3 Å². The van der Waals surface area contributed by atoms with Crippen LogP contribution in [0.25, 0.3) is 5.65 Å². The number of imidazole rings is 1. The van der Waals surface area contributed by atoms with E-state index in [9.17, 15) is 18.0 Å². The number of pyridine rings is 2. The molecule has 6 nitrogen and oxygen atoms in total. The lowest BCUT2D eigenvalue weighted by atomic mass is 10.1. The molecule has 1 aliphatic rings. The number of carbonyl (C=O) groups is 1. The second-order valence-electron chi connectivity index (χ2n) is 6.76. The van der Waals surface area contributed by atoms with Crippen LogP contribution in [0.5, 0.6) is 5.75 Å². The summed E-state index contributed by atoms with van der Waals surface area (Å²) in [4.78, 5) is 20.8. The first kappa shape index (κ1) is 19.4. The highest BCUT2D eigenvalue weighted by atomic mass is 19.4. The van der Waals surface area contributed by atoms with Crippen molar-refractivity contribution in [3.63, 3.8) is 0 Å². The van der Waals surface area contributed by atoms with Crippen molar-refractivity contribution in [2.24, 2.45) is 0 Å². The maximum atomic E-state index is 12.9. The fraction of sp³-hybridized carbons (Fsp3) is 0.350. The maximum absolute atomic E-state index is 12.9. The topological polar surface area (TPSA) is 68.5 Å². The fourth-order valence-electron chi connectivity index (χ4n) is 3.44. The van der Waals surface area contributed by atoms with Crippen LogP contribution in [0, 0.1) is 0 Å². The first-order chi connectivity index (χ1) is 13.9. The zero-order chi connectivity index (χ0) is 20.6. The van der Waals surface area contributed by atoms with E-state index in [0.717, 1.165) is 36.1 Å². The first-order valence-electron chi connectivity index (χ1n) is 9.30. The van der Waals surface area contributed by atoms with Gasteiger partial charge in [0.05, 0.1) is 18.0 Å². The fourth-order valence-corrected chi connectivity index (χ4v) is 3.44. The number of aromatic nitrogens is 3. The van der Waals surface area contributed by atoms with E-state index in [0.29, 0.717) is 24.5 Å². The van der Waals surface area contributed by atoms with Gasteiger partial charge in [-0.05, 0) is 19.1 Å². The monoisotopic (exact) mass is 404 g/mol. The molecule has 0 saturated carbocycles. The number of Topliss-reactive ketones (excluding diaryl/α,β-unsaturated/α-hetero) is 1. The third kappa shape index (κ3) is 3.82. The molecule has 0 aliphatic carbocycles. The number of nitrogens with zero attached hydrogens (tertiary/aromatic N) is 3. The van der Waals surface area contributed by atoms with Gasteiger partial charge < -0.3 is 14.5 Å². The largest absolute Gasteiger partial charge is 0.493 e. The van der Waals surface area contributed by atoms with Gasteiger partial charge in [-0.3, -0.25) is 4.79 Å². The van der Waals surface area contributed by atoms with Crippen LogP contribution in [0.1, 0.15) is 40.1 Å². The minimum atomic E-state index is -4.60. The zero-order valence-corrected chi connectivity index (χ0v) is 15.7. The number of ether oxygens (including phenoxy) is 1. The predicted molar refractivity (Wildman–Crippen MR) is 99.0 cm³/mol. The number of halogens is 3. The molecule has 0 unspecified atom stereocenters. The van der Waals surface area contributed by atoms with Gasteiger partial charge in [0.1, 0.15) is 22.8 Å². The van der Waals surface area contributed by atoms with Crippen molar-refractivity contribution < 1.29 is 22.7 Å². The molecule has 9 heteroatoms. The Morgan fingerprint density at radius 2 is 2.14 bits per heavy atom. The molecule has 1 N–H and O–H groups in total. The van der Waals surface area contributed by atoms with Crippen molar-refractivity contribution in [2.45, 2.75) is 32.5 Å². The highest BCUT2D eigenvalue weighted by Crippen LogP contribution is 2.29. The molecule has 0 saturated heterocycles. The van der Waals surface area contributed by atoms with Crippen LogP contribution >= 0.6 is 0 Å². The lowest BCUT2D eigenvalue weighted by Crippen LogP contribution is -2.24. The number of fused-ring (bicyclic) bond motifs is 3. The average molecular weight is 404 g/mol. The Morgan fingerprint density at radius 3 is 2.90 bits per heavy atom. The summed E-state index contributed by atoms with van der Waals surface area (Å²) in [5, 5.41) is 3.29. The molecule has 152 valence electrons. The second kappa shape index (κ2) is 7.47. The Kier molecular flexibility index (Phi) is 4.99. The molecular formula is C20H19F3N4O2. The summed E-state index contributed by atoms with van der Waals surface area (Å²) in [6, 6.07) is 5.09. The minimum Gasteiger partial charge on any atom is -0.493 e. The summed E-state index contributed by atoms with van der Waals surface area (Å²) in [6.07, 6.45) is -2.14. The Hall–Kier alpha value is -2.94. The number of alkyl halides is 3. The van der Waals surface area contributed by atoms with Gasteiger partial charge in [0.15, 0.2) is 5.78 Å². The van der Waals surface area contributed by atoms with E-state index in [1.165, 1.54) is 12.1 Å². The van der Waals surface area contributed by atoms with Gasteiger partial charge in [-0.15, -0.1) is 0 Å². The number of hydrogen-bond acceptors (Lipinski definition) is 5. The van der Waals surface area contributed by atoms with Gasteiger partial charge >= 0.3 is 6.18 Å². The summed E-state index contributed by atoms with van der Waals surface area (Å²) in [7, 11) is 0. The summed E-state index contributed by atoms with van der Waals surface area (Å²) >= 11 is 0. The van der Waals surface area contributed by atoms with E-state index in [4.69, 9.17) is 4.74 Å². The van der Waals surface area contributed by atoms with Crippen molar-refractivity contribution in [1.82, 2.24) is 19.7 Å². The number of ketones is 1. The quantitative estimate of drug-likeness (QED) is 0.662. The Bertz CT molecular complexity index is 1080. The van der Waals surface area contributed by atoms with Crippen molar-refractivity contribution >= 4 is 11.4 Å². The van der Waals surface area contributed by atoms with Crippen LogP contribution in [0.15, 0.2) is 30.5 Å². The average Bonchev–Trinajstić information content (AvgIpc) is 3.05. The second-order valence-corrected chi connectivity index (χ2v) is 6.76. The lowest BCUT2D eigenvalue weighted by molar-refractivity contribution is -0.141. The van der Waals surface area contributed by atoms with E-state index < -0.39 is 17.7 Å². The van der Waals surface area contributed by atoms with Gasteiger partial charge in [-0.25, -0.2) is 9.97 Å². The van der Waals surface area contributed by atoms with Crippen LogP contribution in [0.2, 0.25) is 0 Å². The number of rotatable bonds is 5. The highest BCUT2D eigenvalue weighted by Gasteiger charge is 2.33. The molecule has 0 spiro atoms. The van der Waals surface area contributed by atoms with Crippen LogP contribution in [-0.2, 0) is 25.6 Å². The van der Waals surface area contributed by atoms with Crippen LogP contribution in [0.4, 0.5) is 13.2 Å². The van der Waals surface area contributed by atoms with E-state index in [1.807, 2.05) is 11.3 Å². The van der Waals surface area contributed by atoms with Gasteiger partial charge in [-0.2, -0.15) is 13.2 Å². The molecule has 3 aromatic rings. The molecule has 4 rings (SSSR count). The summed E-state index contributed by atoms with van der Waals surface area (Å²) < 4.78 is 46.3. The minimum absolute atomic E-state index is 0.125. The molecule has 0 fully saturated rings. The third-order valence-electron chi connectivity index (χ3n) is 4.79. The van der Waals surface area contributed by atoms with Gasteiger partial charge in [0, 0.05) is 43.8 Å². The van der Waals surface area contributed by atoms with Crippen molar-refractivity contribution in [3.8, 4) is 5.75 Å². The normalized spacial score (nSPS) is 14.1. The SMILES string of the molecule is CCOc1cc2nc3c(n2cc1CC(=O)c1cccc(C(F)(F)F)n1)CNCC3. The summed E-state index contributed by atoms with van der Waals surface area (Å²) in [5.74, 6) is -0.0147. The molecule has 3 aromatic heterocycles. The maximum Gasteiger partial charge on any atom is 0.433 e. The Morgan fingerprint density at radius 1 is 1.31 bits per heavy atom. The molecule has 0 aromatic carbocycles. The number of carbonyl (C=O) groups excluding carboxylic acids is 1. The predicted octanol–water partition coefficient (Wildman–Crippen LogP) is 3.22. The van der Waals surface area contributed by atoms with Crippen molar-refractivity contribution in [1.29, 1.82) is 0 Å². The summed E-state index contributed by atoms with van der Waals surface area (Å²) in [6.45, 7) is 3.72. The van der Waals surface area contributed by atoms with E-state index >= 15 is 0 Å². The Labute approximate surface area is 164 Å². The van der Waals surface area contributed by atoms with Gasteiger partial charge in [-0.1, -0.05) is 6.07 Å². The van der Waals surface area contributed by atoms with Gasteiger partial charge in [0.2, 0.25) is 0 Å². The smallest absolute Gasteiger partial charge is 0.433 e. The van der Waals surface area contributed by atoms with Crippen LogP contribution in [0.3, 0.4) is 0 Å². The van der Waals surface area contributed by atoms with Gasteiger partial charge in [0.25, 0.3) is 0 Å². The highest BCUT2D eigenvalue weighted by molar-refractivity contribution is 5.96. The van der Waals surface area contributed by atoms with Crippen molar-refractivity contribution in [2.75, 3.05) is 13.2 Å². The van der Waals surface area contributed by atoms with E-state index in [1.54, 1.807) is 12.3 Å². The number of nitrogens with one attached hydrogen (secondary N) is 1. The summed E-state index contributed by atoms with van der Waals surface area (Å²) in [5.41, 5.74) is 1.99. The molecule has 0 bridgehead atoms. The molecule has 0 amide bonds. The molecule has 0 atom stereocenters. The molecular weight excluding hydrogens is 385 g/mol. The third-order valence-corrected chi connectivity index (χ3v) is 4.79. The standard InChI is InChI=1S/C20H19F3N4O2/c1-2-29-17-9-19-26-13-6-7-24-10-15(13)27(19)11-12(17)8-16(28)14-4-3-5-18(25-14)20(21,22)23/h3-5,9,11,24H,2,6-8,10H2,1H3. The number of hydrogen-bond donors (Lipinski definition) is 1.